The monoisotopic (exact) mass is 448 g/mol. The molecule has 182 valence electrons. The number of hydrogen-bond acceptors (Lipinski definition) is 5. The highest BCUT2D eigenvalue weighted by atomic mass is 16.5. The van der Waals surface area contributed by atoms with Crippen LogP contribution in [0.15, 0.2) is 29.3 Å². The molecule has 1 saturated heterocycles. The topological polar surface area (TPSA) is 67.4 Å². The van der Waals surface area contributed by atoms with Crippen LogP contribution >= 0.6 is 0 Å². The van der Waals surface area contributed by atoms with Crippen molar-refractivity contribution in [1.82, 2.24) is 15.5 Å². The van der Waals surface area contributed by atoms with E-state index in [1.807, 2.05) is 6.92 Å². The highest BCUT2D eigenvalue weighted by Crippen LogP contribution is 2.13. The summed E-state index contributed by atoms with van der Waals surface area (Å²) >= 11 is 0. The number of rotatable bonds is 14. The fraction of sp³-hybridized carbons (Fsp3) is 0.720. The van der Waals surface area contributed by atoms with Crippen LogP contribution in [0, 0.1) is 5.92 Å². The van der Waals surface area contributed by atoms with Gasteiger partial charge in [-0.15, -0.1) is 0 Å². The van der Waals surface area contributed by atoms with Crippen LogP contribution < -0.4 is 10.6 Å². The highest BCUT2D eigenvalue weighted by molar-refractivity contribution is 5.79. The predicted molar refractivity (Wildman–Crippen MR) is 131 cm³/mol. The standard InChI is InChI=1S/C25H44N4O3/c1-5-26-25(28-19-24(16-21(3)4)29-10-12-31-13-11-29)27-18-22-8-7-9-23(17-22)20-32-15-14-30-6-2/h7-9,17,21,24H,5-6,10-16,18-20H2,1-4H3,(H2,26,27,28). The molecule has 1 fully saturated rings. The molecule has 1 aliphatic rings. The second-order valence-corrected chi connectivity index (χ2v) is 8.58. The molecule has 0 spiro atoms. The van der Waals surface area contributed by atoms with Crippen molar-refractivity contribution < 1.29 is 14.2 Å². The number of nitrogens with zero attached hydrogens (tertiary/aromatic N) is 2. The van der Waals surface area contributed by atoms with Crippen LogP contribution in [-0.4, -0.2) is 76.1 Å². The number of aliphatic imine (C=N–C) groups is 1. The van der Waals surface area contributed by atoms with E-state index in [2.05, 4.69) is 60.6 Å². The summed E-state index contributed by atoms with van der Waals surface area (Å²) in [7, 11) is 0. The minimum Gasteiger partial charge on any atom is -0.379 e. The lowest BCUT2D eigenvalue weighted by Crippen LogP contribution is -2.51. The zero-order chi connectivity index (χ0) is 23.0. The van der Waals surface area contributed by atoms with Gasteiger partial charge in [0.25, 0.3) is 0 Å². The van der Waals surface area contributed by atoms with Crippen LogP contribution in [0.1, 0.15) is 45.2 Å². The molecule has 1 aromatic rings. The molecule has 32 heavy (non-hydrogen) atoms. The van der Waals surface area contributed by atoms with Crippen LogP contribution in [-0.2, 0) is 27.4 Å². The maximum Gasteiger partial charge on any atom is 0.191 e. The predicted octanol–water partition coefficient (Wildman–Crippen LogP) is 3.04. The third-order valence-electron chi connectivity index (χ3n) is 5.41. The molecule has 2 rings (SSSR count). The Morgan fingerprint density at radius 2 is 1.84 bits per heavy atom. The van der Waals surface area contributed by atoms with Gasteiger partial charge in [0.15, 0.2) is 5.96 Å². The van der Waals surface area contributed by atoms with Crippen molar-refractivity contribution >= 4 is 5.96 Å². The zero-order valence-electron chi connectivity index (χ0n) is 20.6. The third-order valence-corrected chi connectivity index (χ3v) is 5.41. The molecule has 1 atom stereocenters. The van der Waals surface area contributed by atoms with Gasteiger partial charge in [-0.25, -0.2) is 4.99 Å². The van der Waals surface area contributed by atoms with Crippen molar-refractivity contribution in [3.8, 4) is 0 Å². The minimum absolute atomic E-state index is 0.486. The number of hydrogen-bond donors (Lipinski definition) is 2. The van der Waals surface area contributed by atoms with E-state index in [4.69, 9.17) is 19.2 Å². The van der Waals surface area contributed by atoms with Gasteiger partial charge in [-0.2, -0.15) is 0 Å². The molecule has 0 aliphatic carbocycles. The van der Waals surface area contributed by atoms with E-state index >= 15 is 0 Å². The Hall–Kier alpha value is -1.67. The zero-order valence-corrected chi connectivity index (χ0v) is 20.6. The second-order valence-electron chi connectivity index (χ2n) is 8.58. The van der Waals surface area contributed by atoms with Crippen molar-refractivity contribution in [2.75, 3.05) is 59.2 Å². The smallest absolute Gasteiger partial charge is 0.191 e. The van der Waals surface area contributed by atoms with Crippen molar-refractivity contribution in [3.63, 3.8) is 0 Å². The molecule has 2 N–H and O–H groups in total. The Morgan fingerprint density at radius 3 is 2.56 bits per heavy atom. The molecule has 0 aromatic heterocycles. The van der Waals surface area contributed by atoms with Gasteiger partial charge in [-0.3, -0.25) is 4.90 Å². The van der Waals surface area contributed by atoms with Gasteiger partial charge in [0.1, 0.15) is 0 Å². The third kappa shape index (κ3) is 10.8. The molecule has 1 unspecified atom stereocenters. The maximum atomic E-state index is 5.70. The van der Waals surface area contributed by atoms with Crippen LogP contribution in [0.5, 0.6) is 0 Å². The van der Waals surface area contributed by atoms with Gasteiger partial charge in [-0.1, -0.05) is 38.1 Å². The number of morpholine rings is 1. The quantitative estimate of drug-likeness (QED) is 0.259. The molecular formula is C25H44N4O3. The van der Waals surface area contributed by atoms with Crippen LogP contribution in [0.25, 0.3) is 0 Å². The molecule has 7 nitrogen and oxygen atoms in total. The SMILES string of the molecule is CCNC(=NCc1cccc(COCCOCC)c1)NCC(CC(C)C)N1CCOCC1. The maximum absolute atomic E-state index is 5.70. The summed E-state index contributed by atoms with van der Waals surface area (Å²) < 4.78 is 16.6. The summed E-state index contributed by atoms with van der Waals surface area (Å²) in [4.78, 5) is 7.38. The van der Waals surface area contributed by atoms with Gasteiger partial charge in [0.05, 0.1) is 39.6 Å². The lowest BCUT2D eigenvalue weighted by Gasteiger charge is -2.35. The van der Waals surface area contributed by atoms with E-state index in [0.29, 0.717) is 38.3 Å². The van der Waals surface area contributed by atoms with Gasteiger partial charge < -0.3 is 24.8 Å². The number of guanidine groups is 1. The van der Waals surface area contributed by atoms with E-state index in [-0.39, 0.29) is 0 Å². The normalized spacial score (nSPS) is 16.3. The summed E-state index contributed by atoms with van der Waals surface area (Å²) in [5.41, 5.74) is 2.34. The largest absolute Gasteiger partial charge is 0.379 e. The fourth-order valence-electron chi connectivity index (χ4n) is 3.84. The van der Waals surface area contributed by atoms with Crippen molar-refractivity contribution in [3.05, 3.63) is 35.4 Å². The Bertz CT molecular complexity index is 648. The van der Waals surface area contributed by atoms with E-state index in [1.54, 1.807) is 0 Å². The average Bonchev–Trinajstić information content (AvgIpc) is 2.80. The summed E-state index contributed by atoms with van der Waals surface area (Å²) in [6, 6.07) is 8.94. The second kappa shape index (κ2) is 16.0. The van der Waals surface area contributed by atoms with Crippen LogP contribution in [0.3, 0.4) is 0 Å². The summed E-state index contributed by atoms with van der Waals surface area (Å²) in [5, 5.41) is 6.97. The molecule has 1 heterocycles. The molecule has 0 bridgehead atoms. The lowest BCUT2D eigenvalue weighted by molar-refractivity contribution is 0.0132. The van der Waals surface area contributed by atoms with Crippen molar-refractivity contribution in [1.29, 1.82) is 0 Å². The van der Waals surface area contributed by atoms with Crippen molar-refractivity contribution in [2.45, 2.75) is 53.3 Å². The molecule has 7 heteroatoms. The van der Waals surface area contributed by atoms with E-state index in [0.717, 1.165) is 63.9 Å². The van der Waals surface area contributed by atoms with E-state index in [1.165, 1.54) is 5.56 Å². The molecular weight excluding hydrogens is 404 g/mol. The first-order valence-electron chi connectivity index (χ1n) is 12.2. The van der Waals surface area contributed by atoms with E-state index < -0.39 is 0 Å². The Balaban J connectivity index is 1.90. The fourth-order valence-corrected chi connectivity index (χ4v) is 3.84. The average molecular weight is 449 g/mol. The molecule has 1 aromatic carbocycles. The molecule has 0 amide bonds. The Labute approximate surface area is 194 Å². The number of nitrogens with one attached hydrogen (secondary N) is 2. The first-order valence-corrected chi connectivity index (χ1v) is 12.2. The van der Waals surface area contributed by atoms with Crippen LogP contribution in [0.2, 0.25) is 0 Å². The molecule has 0 radical (unpaired) electrons. The summed E-state index contributed by atoms with van der Waals surface area (Å²) in [5.74, 6) is 1.52. The summed E-state index contributed by atoms with van der Waals surface area (Å²) in [6.45, 7) is 17.3. The van der Waals surface area contributed by atoms with Gasteiger partial charge in [0.2, 0.25) is 0 Å². The van der Waals surface area contributed by atoms with Gasteiger partial charge >= 0.3 is 0 Å². The van der Waals surface area contributed by atoms with Crippen LogP contribution in [0.4, 0.5) is 0 Å². The van der Waals surface area contributed by atoms with Crippen molar-refractivity contribution in [2.24, 2.45) is 10.9 Å². The number of ether oxygens (including phenoxy) is 3. The summed E-state index contributed by atoms with van der Waals surface area (Å²) in [6.07, 6.45) is 1.16. The first-order chi connectivity index (χ1) is 15.6. The first kappa shape index (κ1) is 26.6. The number of benzene rings is 1. The Morgan fingerprint density at radius 1 is 1.09 bits per heavy atom. The van der Waals surface area contributed by atoms with Gasteiger partial charge in [-0.05, 0) is 37.3 Å². The van der Waals surface area contributed by atoms with E-state index in [9.17, 15) is 0 Å². The lowest BCUT2D eigenvalue weighted by atomic mass is 10.0. The molecule has 0 saturated carbocycles. The highest BCUT2D eigenvalue weighted by Gasteiger charge is 2.22. The molecule has 1 aliphatic heterocycles. The Kier molecular flexibility index (Phi) is 13.3. The minimum atomic E-state index is 0.486. The van der Waals surface area contributed by atoms with Gasteiger partial charge in [0, 0.05) is 38.8 Å².